The van der Waals surface area contributed by atoms with Crippen molar-refractivity contribution < 1.29 is 4.79 Å². The van der Waals surface area contributed by atoms with E-state index in [1.165, 1.54) is 30.8 Å². The van der Waals surface area contributed by atoms with E-state index >= 15 is 0 Å². The largest absolute Gasteiger partial charge is 0.333 e. The highest BCUT2D eigenvalue weighted by atomic mass is 32.1. The molecule has 5 rings (SSSR count). The molecule has 0 radical (unpaired) electrons. The van der Waals surface area contributed by atoms with Crippen LogP contribution >= 0.6 is 11.3 Å². The SMILES string of the molecule is O=C(N[C@H]1CN2CCC1CC2)n1ccc(-c2cccs2)c1. The van der Waals surface area contributed by atoms with Crippen LogP contribution in [0.25, 0.3) is 10.4 Å². The Labute approximate surface area is 128 Å². The van der Waals surface area contributed by atoms with Crippen LogP contribution in [0.3, 0.4) is 0 Å². The molecule has 0 spiro atoms. The molecular formula is C16H19N3OS. The second-order valence-corrected chi connectivity index (χ2v) is 6.93. The number of amides is 1. The minimum absolute atomic E-state index is 0.00319. The number of rotatable bonds is 2. The zero-order chi connectivity index (χ0) is 14.2. The first-order valence-corrected chi connectivity index (χ1v) is 8.43. The molecule has 0 saturated carbocycles. The molecular weight excluding hydrogens is 282 g/mol. The number of thiophene rings is 1. The predicted octanol–water partition coefficient (Wildman–Crippen LogP) is 2.87. The molecule has 1 N–H and O–H groups in total. The maximum Gasteiger partial charge on any atom is 0.325 e. The minimum atomic E-state index is -0.00319. The Hall–Kier alpha value is -1.59. The Bertz CT molecular complexity index is 626. The van der Waals surface area contributed by atoms with Gasteiger partial charge in [0.15, 0.2) is 0 Å². The monoisotopic (exact) mass is 301 g/mol. The summed E-state index contributed by atoms with van der Waals surface area (Å²) < 4.78 is 1.67. The Morgan fingerprint density at radius 3 is 2.81 bits per heavy atom. The van der Waals surface area contributed by atoms with Gasteiger partial charge in [0.1, 0.15) is 0 Å². The van der Waals surface area contributed by atoms with E-state index in [4.69, 9.17) is 0 Å². The number of piperidine rings is 3. The molecule has 2 aromatic rings. The lowest BCUT2D eigenvalue weighted by atomic mass is 9.84. The van der Waals surface area contributed by atoms with E-state index < -0.39 is 0 Å². The van der Waals surface area contributed by atoms with Crippen molar-refractivity contribution >= 4 is 17.4 Å². The van der Waals surface area contributed by atoms with Crippen molar-refractivity contribution in [2.45, 2.75) is 18.9 Å². The molecule has 3 saturated heterocycles. The number of carbonyl (C=O) groups is 1. The third-order valence-electron chi connectivity index (χ3n) is 4.70. The lowest BCUT2D eigenvalue weighted by Crippen LogP contribution is -2.57. The van der Waals surface area contributed by atoms with Gasteiger partial charge in [0.05, 0.1) is 0 Å². The Balaban J connectivity index is 1.46. The normalized spacial score (nSPS) is 27.7. The summed E-state index contributed by atoms with van der Waals surface area (Å²) in [5.74, 6) is 0.659. The van der Waals surface area contributed by atoms with Gasteiger partial charge in [-0.25, -0.2) is 4.79 Å². The number of aromatic nitrogens is 1. The Morgan fingerprint density at radius 1 is 1.29 bits per heavy atom. The zero-order valence-electron chi connectivity index (χ0n) is 11.9. The van der Waals surface area contributed by atoms with Crippen LogP contribution in [0.15, 0.2) is 36.0 Å². The molecule has 5 heterocycles. The maximum atomic E-state index is 12.4. The molecule has 3 fully saturated rings. The van der Waals surface area contributed by atoms with Gasteiger partial charge >= 0.3 is 6.03 Å². The third-order valence-corrected chi connectivity index (χ3v) is 5.62. The highest BCUT2D eigenvalue weighted by molar-refractivity contribution is 7.13. The molecule has 21 heavy (non-hydrogen) atoms. The van der Waals surface area contributed by atoms with Gasteiger partial charge in [-0.05, 0) is 49.4 Å². The lowest BCUT2D eigenvalue weighted by molar-refractivity contribution is 0.0767. The maximum absolute atomic E-state index is 12.4. The number of hydrogen-bond acceptors (Lipinski definition) is 3. The second kappa shape index (κ2) is 5.31. The topological polar surface area (TPSA) is 37.3 Å². The van der Waals surface area contributed by atoms with Crippen molar-refractivity contribution in [2.24, 2.45) is 5.92 Å². The van der Waals surface area contributed by atoms with Crippen LogP contribution in [-0.4, -0.2) is 41.2 Å². The standard InChI is InChI=1S/C16H19N3OS/c20-16(17-14-11-18-6-3-12(14)4-7-18)19-8-5-13(10-19)15-2-1-9-21-15/h1-2,5,8-10,12,14H,3-4,6-7,11H2,(H,17,20)/t14-/m0/s1. The van der Waals surface area contributed by atoms with E-state index in [9.17, 15) is 4.79 Å². The summed E-state index contributed by atoms with van der Waals surface area (Å²) in [7, 11) is 0. The third kappa shape index (κ3) is 2.51. The smallest absolute Gasteiger partial charge is 0.325 e. The van der Waals surface area contributed by atoms with Gasteiger partial charge in [0, 0.05) is 35.4 Å². The van der Waals surface area contributed by atoms with Crippen molar-refractivity contribution in [3.63, 3.8) is 0 Å². The van der Waals surface area contributed by atoms with Gasteiger partial charge in [-0.2, -0.15) is 0 Å². The molecule has 5 heteroatoms. The number of nitrogens with one attached hydrogen (secondary N) is 1. The highest BCUT2D eigenvalue weighted by Gasteiger charge is 2.34. The number of hydrogen-bond donors (Lipinski definition) is 1. The van der Waals surface area contributed by atoms with E-state index in [1.807, 2.05) is 24.5 Å². The van der Waals surface area contributed by atoms with Crippen LogP contribution in [0.4, 0.5) is 4.79 Å². The van der Waals surface area contributed by atoms with Crippen molar-refractivity contribution in [3.05, 3.63) is 36.0 Å². The fraction of sp³-hybridized carbons (Fsp3) is 0.438. The lowest BCUT2D eigenvalue weighted by Gasteiger charge is -2.44. The average Bonchev–Trinajstić information content (AvgIpc) is 3.20. The predicted molar refractivity (Wildman–Crippen MR) is 84.6 cm³/mol. The van der Waals surface area contributed by atoms with Crippen molar-refractivity contribution in [3.8, 4) is 10.4 Å². The first-order valence-electron chi connectivity index (χ1n) is 7.55. The van der Waals surface area contributed by atoms with E-state index in [-0.39, 0.29) is 6.03 Å². The van der Waals surface area contributed by atoms with Gasteiger partial charge in [0.25, 0.3) is 0 Å². The number of fused-ring (bicyclic) bond motifs is 3. The summed E-state index contributed by atoms with van der Waals surface area (Å²) in [5, 5.41) is 5.27. The van der Waals surface area contributed by atoms with Crippen LogP contribution in [0.2, 0.25) is 0 Å². The summed E-state index contributed by atoms with van der Waals surface area (Å²) >= 11 is 1.69. The molecule has 0 aromatic carbocycles. The van der Waals surface area contributed by atoms with E-state index in [0.717, 1.165) is 12.1 Å². The highest BCUT2D eigenvalue weighted by Crippen LogP contribution is 2.28. The fourth-order valence-corrected chi connectivity index (χ4v) is 4.19. The number of nitrogens with zero attached hydrogens (tertiary/aromatic N) is 2. The van der Waals surface area contributed by atoms with Gasteiger partial charge in [-0.3, -0.25) is 4.57 Å². The summed E-state index contributed by atoms with van der Waals surface area (Å²) in [5.41, 5.74) is 1.11. The Morgan fingerprint density at radius 2 is 2.14 bits per heavy atom. The van der Waals surface area contributed by atoms with Crippen LogP contribution in [0.5, 0.6) is 0 Å². The molecule has 3 aliphatic rings. The van der Waals surface area contributed by atoms with Gasteiger partial charge in [-0.1, -0.05) is 6.07 Å². The average molecular weight is 301 g/mol. The van der Waals surface area contributed by atoms with Crippen molar-refractivity contribution in [1.82, 2.24) is 14.8 Å². The summed E-state index contributed by atoms with van der Waals surface area (Å²) in [6, 6.07) is 6.42. The van der Waals surface area contributed by atoms with Crippen molar-refractivity contribution in [1.29, 1.82) is 0 Å². The molecule has 1 amide bonds. The molecule has 3 aliphatic heterocycles. The van der Waals surface area contributed by atoms with Crippen LogP contribution in [0, 0.1) is 5.92 Å². The molecule has 2 aromatic heterocycles. The number of carbonyl (C=O) groups excluding carboxylic acids is 1. The first kappa shape index (κ1) is 13.1. The zero-order valence-corrected chi connectivity index (χ0v) is 12.7. The minimum Gasteiger partial charge on any atom is -0.333 e. The van der Waals surface area contributed by atoms with E-state index in [2.05, 4.69) is 21.7 Å². The molecule has 0 unspecified atom stereocenters. The quantitative estimate of drug-likeness (QED) is 0.926. The summed E-state index contributed by atoms with van der Waals surface area (Å²) in [6.45, 7) is 3.40. The van der Waals surface area contributed by atoms with Crippen molar-refractivity contribution in [2.75, 3.05) is 19.6 Å². The van der Waals surface area contributed by atoms with Crippen LogP contribution in [-0.2, 0) is 0 Å². The molecule has 0 aliphatic carbocycles. The van der Waals surface area contributed by atoms with Crippen LogP contribution in [0.1, 0.15) is 12.8 Å². The van der Waals surface area contributed by atoms with Gasteiger partial charge in [0.2, 0.25) is 0 Å². The molecule has 110 valence electrons. The molecule has 1 atom stereocenters. The van der Waals surface area contributed by atoms with Gasteiger partial charge in [-0.15, -0.1) is 11.3 Å². The fourth-order valence-electron chi connectivity index (χ4n) is 3.47. The Kier molecular flexibility index (Phi) is 3.31. The first-order chi connectivity index (χ1) is 10.3. The van der Waals surface area contributed by atoms with Gasteiger partial charge < -0.3 is 10.2 Å². The second-order valence-electron chi connectivity index (χ2n) is 5.98. The van der Waals surface area contributed by atoms with E-state index in [0.29, 0.717) is 12.0 Å². The van der Waals surface area contributed by atoms with Crippen LogP contribution < -0.4 is 5.32 Å². The molecule has 2 bridgehead atoms. The summed E-state index contributed by atoms with van der Waals surface area (Å²) in [4.78, 5) is 16.1. The molecule has 4 nitrogen and oxygen atoms in total. The summed E-state index contributed by atoms with van der Waals surface area (Å²) in [6.07, 6.45) is 6.21. The van der Waals surface area contributed by atoms with E-state index in [1.54, 1.807) is 15.9 Å².